The van der Waals surface area contributed by atoms with Crippen LogP contribution in [0.25, 0.3) is 21.5 Å². The Morgan fingerprint density at radius 2 is 1.66 bits per heavy atom. The van der Waals surface area contributed by atoms with Crippen LogP contribution in [0.1, 0.15) is 11.1 Å². The highest BCUT2D eigenvalue weighted by molar-refractivity contribution is 9.10. The lowest BCUT2D eigenvalue weighted by atomic mass is 9.97. The van der Waals surface area contributed by atoms with Crippen LogP contribution in [-0.2, 0) is 4.79 Å². The van der Waals surface area contributed by atoms with Crippen molar-refractivity contribution in [3.63, 3.8) is 0 Å². The van der Waals surface area contributed by atoms with Gasteiger partial charge in [0.2, 0.25) is 0 Å². The van der Waals surface area contributed by atoms with Crippen molar-refractivity contribution >= 4 is 49.6 Å². The second-order valence-electron chi connectivity index (χ2n) is 6.75. The minimum Gasteiger partial charge on any atom is -0.483 e. The van der Waals surface area contributed by atoms with Crippen molar-refractivity contribution in [2.45, 2.75) is 6.92 Å². The monoisotopic (exact) mass is 446 g/mol. The first-order valence-corrected chi connectivity index (χ1v) is 10.0. The largest absolute Gasteiger partial charge is 0.483 e. The number of ether oxygens (including phenoxy) is 1. The van der Waals surface area contributed by atoms with Crippen LogP contribution in [0.4, 0.5) is 0 Å². The quantitative estimate of drug-likeness (QED) is 0.246. The average Bonchev–Trinajstić information content (AvgIpc) is 2.72. The summed E-state index contributed by atoms with van der Waals surface area (Å²) in [4.78, 5) is 12.1. The van der Waals surface area contributed by atoms with Gasteiger partial charge >= 0.3 is 0 Å². The van der Waals surface area contributed by atoms with Crippen molar-refractivity contribution in [1.82, 2.24) is 5.43 Å². The summed E-state index contributed by atoms with van der Waals surface area (Å²) in [6.45, 7) is 1.88. The number of aryl methyl sites for hydroxylation is 1. The number of carbonyl (C=O) groups excluding carboxylic acids is 1. The Morgan fingerprint density at radius 3 is 2.31 bits per heavy atom. The number of nitrogens with one attached hydrogen (secondary N) is 1. The number of amides is 1. The molecule has 0 radical (unpaired) electrons. The summed E-state index contributed by atoms with van der Waals surface area (Å²) in [5.41, 5.74) is 4.64. The van der Waals surface area contributed by atoms with Gasteiger partial charge in [-0.3, -0.25) is 4.79 Å². The third-order valence-corrected chi connectivity index (χ3v) is 5.26. The number of hydrazone groups is 1. The molecule has 4 nitrogen and oxygen atoms in total. The fourth-order valence-corrected chi connectivity index (χ4v) is 3.86. The molecule has 0 heterocycles. The minimum absolute atomic E-state index is 0.116. The molecule has 4 aromatic carbocycles. The van der Waals surface area contributed by atoms with Gasteiger partial charge in [0, 0.05) is 5.56 Å². The van der Waals surface area contributed by atoms with Gasteiger partial charge in [-0.1, -0.05) is 54.6 Å². The number of hydrogen-bond donors (Lipinski definition) is 1. The smallest absolute Gasteiger partial charge is 0.277 e. The number of fused-ring (bicyclic) bond motifs is 2. The van der Waals surface area contributed by atoms with E-state index in [0.29, 0.717) is 5.75 Å². The van der Waals surface area contributed by atoms with E-state index in [1.54, 1.807) is 6.21 Å². The molecule has 0 spiro atoms. The van der Waals surface area contributed by atoms with Crippen LogP contribution < -0.4 is 10.2 Å². The number of rotatable bonds is 5. The van der Waals surface area contributed by atoms with Gasteiger partial charge in [-0.25, -0.2) is 5.43 Å². The molecule has 0 saturated heterocycles. The van der Waals surface area contributed by atoms with Gasteiger partial charge in [0.15, 0.2) is 6.61 Å². The molecule has 0 bridgehead atoms. The molecule has 0 unspecified atom stereocenters. The van der Waals surface area contributed by atoms with Crippen molar-refractivity contribution < 1.29 is 9.53 Å². The van der Waals surface area contributed by atoms with Crippen molar-refractivity contribution in [1.29, 1.82) is 0 Å². The van der Waals surface area contributed by atoms with Crippen molar-refractivity contribution in [3.05, 3.63) is 88.4 Å². The van der Waals surface area contributed by atoms with E-state index in [0.717, 1.165) is 37.1 Å². The molecule has 0 aliphatic carbocycles. The summed E-state index contributed by atoms with van der Waals surface area (Å²) >= 11 is 3.44. The van der Waals surface area contributed by atoms with E-state index in [-0.39, 0.29) is 12.5 Å². The van der Waals surface area contributed by atoms with E-state index in [1.165, 1.54) is 0 Å². The second-order valence-corrected chi connectivity index (χ2v) is 7.60. The molecule has 29 heavy (non-hydrogen) atoms. The van der Waals surface area contributed by atoms with Gasteiger partial charge in [-0.15, -0.1) is 0 Å². The Hall–Kier alpha value is -3.18. The molecule has 0 atom stereocenters. The summed E-state index contributed by atoms with van der Waals surface area (Å²) in [6.07, 6.45) is 1.70. The molecule has 144 valence electrons. The summed E-state index contributed by atoms with van der Waals surface area (Å²) in [6, 6.07) is 24.2. The van der Waals surface area contributed by atoms with Crippen LogP contribution in [0.15, 0.2) is 82.4 Å². The highest BCUT2D eigenvalue weighted by Crippen LogP contribution is 2.27. The van der Waals surface area contributed by atoms with E-state index in [9.17, 15) is 4.79 Å². The maximum Gasteiger partial charge on any atom is 0.277 e. The van der Waals surface area contributed by atoms with Crippen molar-refractivity contribution in [3.8, 4) is 5.75 Å². The molecule has 0 aliphatic rings. The Morgan fingerprint density at radius 1 is 1.00 bits per heavy atom. The Balaban J connectivity index is 1.51. The van der Waals surface area contributed by atoms with Gasteiger partial charge in [0.1, 0.15) is 5.75 Å². The van der Waals surface area contributed by atoms with E-state index < -0.39 is 0 Å². The zero-order valence-electron chi connectivity index (χ0n) is 15.9. The molecule has 0 aromatic heterocycles. The molecule has 1 N–H and O–H groups in total. The molecular weight excluding hydrogens is 428 g/mol. The standard InChI is InChI=1S/C24H19BrN2O2/c1-16-10-11-23(22(25)12-16)29-15-24(28)27-26-14-21-19-8-4-2-6-17(19)13-18-7-3-5-9-20(18)21/h2-14H,15H2,1H3,(H,27,28)/b26-14+. The summed E-state index contributed by atoms with van der Waals surface area (Å²) < 4.78 is 6.38. The predicted octanol–water partition coefficient (Wildman–Crippen LogP) is 5.59. The molecule has 0 fully saturated rings. The molecule has 0 aliphatic heterocycles. The minimum atomic E-state index is -0.321. The lowest BCUT2D eigenvalue weighted by molar-refractivity contribution is -0.123. The fraction of sp³-hybridized carbons (Fsp3) is 0.0833. The maximum absolute atomic E-state index is 12.1. The highest BCUT2D eigenvalue weighted by Gasteiger charge is 2.07. The second kappa shape index (κ2) is 8.45. The molecular formula is C24H19BrN2O2. The zero-order chi connectivity index (χ0) is 20.2. The van der Waals surface area contributed by atoms with Crippen LogP contribution in [-0.4, -0.2) is 18.7 Å². The molecule has 4 aromatic rings. The third kappa shape index (κ3) is 4.30. The fourth-order valence-electron chi connectivity index (χ4n) is 3.26. The van der Waals surface area contributed by atoms with Gasteiger partial charge < -0.3 is 4.74 Å². The number of benzene rings is 4. The maximum atomic E-state index is 12.1. The topological polar surface area (TPSA) is 50.7 Å². The van der Waals surface area contributed by atoms with Crippen LogP contribution in [0, 0.1) is 6.92 Å². The van der Waals surface area contributed by atoms with Gasteiger partial charge in [-0.2, -0.15) is 5.10 Å². The lowest BCUT2D eigenvalue weighted by Gasteiger charge is -2.09. The molecule has 1 amide bonds. The van der Waals surface area contributed by atoms with E-state index in [2.05, 4.69) is 56.8 Å². The zero-order valence-corrected chi connectivity index (χ0v) is 17.4. The Kier molecular flexibility index (Phi) is 5.58. The SMILES string of the molecule is Cc1ccc(OCC(=O)N/N=C/c2c3ccccc3cc3ccccc23)c(Br)c1. The summed E-state index contributed by atoms with van der Waals surface area (Å²) in [5, 5.41) is 8.61. The summed E-state index contributed by atoms with van der Waals surface area (Å²) in [5.74, 6) is 0.299. The highest BCUT2D eigenvalue weighted by atomic mass is 79.9. The van der Waals surface area contributed by atoms with E-state index in [4.69, 9.17) is 4.74 Å². The van der Waals surface area contributed by atoms with Gasteiger partial charge in [0.25, 0.3) is 5.91 Å². The first-order chi connectivity index (χ1) is 14.1. The van der Waals surface area contributed by atoms with Crippen LogP contribution in [0.3, 0.4) is 0 Å². The van der Waals surface area contributed by atoms with Crippen molar-refractivity contribution in [2.24, 2.45) is 5.10 Å². The Bertz CT molecular complexity index is 1180. The number of hydrogen-bond acceptors (Lipinski definition) is 3. The number of halogens is 1. The predicted molar refractivity (Wildman–Crippen MR) is 122 cm³/mol. The first kappa shape index (κ1) is 19.2. The van der Waals surface area contributed by atoms with Gasteiger partial charge in [0.05, 0.1) is 10.7 Å². The van der Waals surface area contributed by atoms with Crippen LogP contribution in [0.2, 0.25) is 0 Å². The van der Waals surface area contributed by atoms with Crippen molar-refractivity contribution in [2.75, 3.05) is 6.61 Å². The summed E-state index contributed by atoms with van der Waals surface area (Å²) in [7, 11) is 0. The Labute approximate surface area is 177 Å². The molecule has 0 saturated carbocycles. The van der Waals surface area contributed by atoms with Crippen LogP contribution in [0.5, 0.6) is 5.75 Å². The molecule has 4 rings (SSSR count). The average molecular weight is 447 g/mol. The third-order valence-electron chi connectivity index (χ3n) is 4.64. The lowest BCUT2D eigenvalue weighted by Crippen LogP contribution is -2.24. The molecule has 5 heteroatoms. The van der Waals surface area contributed by atoms with E-state index in [1.807, 2.05) is 49.4 Å². The number of nitrogens with zero attached hydrogens (tertiary/aromatic N) is 1. The van der Waals surface area contributed by atoms with E-state index >= 15 is 0 Å². The van der Waals surface area contributed by atoms with Gasteiger partial charge in [-0.05, 0) is 68.2 Å². The normalized spacial score (nSPS) is 11.2. The van der Waals surface area contributed by atoms with Crippen LogP contribution >= 0.6 is 15.9 Å². The number of carbonyl (C=O) groups is 1. The first-order valence-electron chi connectivity index (χ1n) is 9.23.